The fourth-order valence-corrected chi connectivity index (χ4v) is 1.11. The molecule has 0 aliphatic heterocycles. The second kappa shape index (κ2) is 4.28. The molecule has 0 aliphatic rings. The van der Waals surface area contributed by atoms with E-state index in [1.807, 2.05) is 24.2 Å². The van der Waals surface area contributed by atoms with Crippen LogP contribution in [0.25, 0.3) is 0 Å². The summed E-state index contributed by atoms with van der Waals surface area (Å²) in [5.41, 5.74) is 1.14. The number of rotatable bonds is 3. The molecule has 0 unspecified atom stereocenters. The summed E-state index contributed by atoms with van der Waals surface area (Å²) in [5.74, 6) is 1.14. The molecule has 0 amide bonds. The number of aromatic nitrogens is 2. The maximum Gasteiger partial charge on any atom is 0.188 e. The first-order chi connectivity index (χ1) is 4.93. The van der Waals surface area contributed by atoms with Gasteiger partial charge in [-0.3, -0.25) is 0 Å². The zero-order chi connectivity index (χ0) is 7.23. The van der Waals surface area contributed by atoms with E-state index in [0.717, 1.165) is 17.9 Å². The molecule has 1 aromatic rings. The van der Waals surface area contributed by atoms with Crippen LogP contribution in [0.1, 0.15) is 5.69 Å². The van der Waals surface area contributed by atoms with Crippen molar-refractivity contribution in [1.29, 1.82) is 0 Å². The Balaban J connectivity index is 2.43. The Hall–Kier alpha value is -0.570. The molecule has 1 aromatic heterocycles. The predicted molar refractivity (Wildman–Crippen MR) is 42.9 cm³/mol. The fourth-order valence-electron chi connectivity index (χ4n) is 0.701. The summed E-state index contributed by atoms with van der Waals surface area (Å²) in [5, 5.41) is 0. The van der Waals surface area contributed by atoms with E-state index >= 15 is 0 Å². The van der Waals surface area contributed by atoms with Gasteiger partial charge in [0, 0.05) is 6.42 Å². The number of thioether (sulfide) groups is 1. The van der Waals surface area contributed by atoms with E-state index in [4.69, 9.17) is 0 Å². The summed E-state index contributed by atoms with van der Waals surface area (Å²) in [6.45, 7) is 0. The molecule has 1 N–H and O–H groups in total. The standard InChI is InChI=1S/C7H10N2S/c1-10-5-2-7-6-8-3-4-9-7/h3-4,6H,2,5H2,1H3/p+1. The second-order valence-electron chi connectivity index (χ2n) is 1.99. The fraction of sp³-hybridized carbons (Fsp3) is 0.429. The SMILES string of the molecule is CSCCc1c[nH+]ccn1. The lowest BCUT2D eigenvalue weighted by Crippen LogP contribution is -2.04. The average Bonchev–Trinajstić information content (AvgIpc) is 2.03. The summed E-state index contributed by atoms with van der Waals surface area (Å²) in [6.07, 6.45) is 8.71. The van der Waals surface area contributed by atoms with E-state index in [0.29, 0.717) is 0 Å². The predicted octanol–water partition coefficient (Wildman–Crippen LogP) is 0.801. The lowest BCUT2D eigenvalue weighted by molar-refractivity contribution is -0.379. The molecule has 0 aliphatic carbocycles. The molecule has 0 radical (unpaired) electrons. The summed E-state index contributed by atoms with van der Waals surface area (Å²) >= 11 is 1.84. The zero-order valence-electron chi connectivity index (χ0n) is 6.00. The molecule has 1 heterocycles. The molecular formula is C7H11N2S+. The van der Waals surface area contributed by atoms with Crippen LogP contribution in [0.5, 0.6) is 0 Å². The van der Waals surface area contributed by atoms with Gasteiger partial charge in [0.1, 0.15) is 5.69 Å². The van der Waals surface area contributed by atoms with Crippen molar-refractivity contribution in [2.24, 2.45) is 0 Å². The normalized spacial score (nSPS) is 9.70. The highest BCUT2D eigenvalue weighted by Gasteiger charge is 1.93. The first kappa shape index (κ1) is 7.54. The van der Waals surface area contributed by atoms with Crippen LogP contribution < -0.4 is 4.98 Å². The summed E-state index contributed by atoms with van der Waals surface area (Å²) < 4.78 is 0. The van der Waals surface area contributed by atoms with Gasteiger partial charge in [-0.15, -0.1) is 0 Å². The monoisotopic (exact) mass is 155 g/mol. The van der Waals surface area contributed by atoms with Crippen LogP contribution in [0.2, 0.25) is 0 Å². The highest BCUT2D eigenvalue weighted by molar-refractivity contribution is 7.98. The molecule has 0 saturated heterocycles. The molecule has 1 rings (SSSR count). The smallest absolute Gasteiger partial charge is 0.188 e. The molecular weight excluding hydrogens is 144 g/mol. The molecule has 2 nitrogen and oxygen atoms in total. The third-order valence-corrected chi connectivity index (χ3v) is 1.84. The third-order valence-electron chi connectivity index (χ3n) is 1.22. The maximum absolute atomic E-state index is 4.17. The lowest BCUT2D eigenvalue weighted by atomic mass is 10.4. The number of hydrogen-bond acceptors (Lipinski definition) is 2. The minimum atomic E-state index is 1.05. The zero-order valence-corrected chi connectivity index (χ0v) is 6.82. The van der Waals surface area contributed by atoms with Gasteiger partial charge in [0.05, 0.1) is 6.20 Å². The molecule has 0 aromatic carbocycles. The Morgan fingerprint density at radius 3 is 3.20 bits per heavy atom. The van der Waals surface area contributed by atoms with Crippen molar-refractivity contribution in [3.63, 3.8) is 0 Å². The van der Waals surface area contributed by atoms with Crippen LogP contribution >= 0.6 is 11.8 Å². The second-order valence-corrected chi connectivity index (χ2v) is 2.98. The van der Waals surface area contributed by atoms with Gasteiger partial charge in [0.25, 0.3) is 0 Å². The van der Waals surface area contributed by atoms with Gasteiger partial charge in [0.15, 0.2) is 12.4 Å². The van der Waals surface area contributed by atoms with Gasteiger partial charge in [-0.05, 0) is 12.0 Å². The van der Waals surface area contributed by atoms with Crippen molar-refractivity contribution in [2.45, 2.75) is 6.42 Å². The number of H-pyrrole nitrogens is 1. The quantitative estimate of drug-likeness (QED) is 0.645. The van der Waals surface area contributed by atoms with Gasteiger partial charge in [0.2, 0.25) is 0 Å². The van der Waals surface area contributed by atoms with Crippen LogP contribution in [-0.4, -0.2) is 17.0 Å². The summed E-state index contributed by atoms with van der Waals surface area (Å²) in [4.78, 5) is 7.17. The van der Waals surface area contributed by atoms with E-state index < -0.39 is 0 Å². The Kier molecular flexibility index (Phi) is 3.22. The van der Waals surface area contributed by atoms with Gasteiger partial charge >= 0.3 is 0 Å². The Morgan fingerprint density at radius 1 is 1.70 bits per heavy atom. The first-order valence-electron chi connectivity index (χ1n) is 3.23. The summed E-state index contributed by atoms with van der Waals surface area (Å²) in [7, 11) is 0. The van der Waals surface area contributed by atoms with Crippen LogP contribution in [-0.2, 0) is 6.42 Å². The van der Waals surface area contributed by atoms with Crippen LogP contribution in [0.15, 0.2) is 18.6 Å². The highest BCUT2D eigenvalue weighted by Crippen LogP contribution is 1.97. The molecule has 10 heavy (non-hydrogen) atoms. The Morgan fingerprint density at radius 2 is 2.60 bits per heavy atom. The van der Waals surface area contributed by atoms with Gasteiger partial charge in [-0.25, -0.2) is 9.97 Å². The Bertz CT molecular complexity index is 176. The topological polar surface area (TPSA) is 27.0 Å². The number of hydrogen-bond donors (Lipinski definition) is 0. The minimum Gasteiger partial charge on any atom is -0.249 e. The number of nitrogens with zero attached hydrogens (tertiary/aromatic N) is 1. The van der Waals surface area contributed by atoms with E-state index in [9.17, 15) is 0 Å². The van der Waals surface area contributed by atoms with Gasteiger partial charge in [-0.1, -0.05) is 0 Å². The minimum absolute atomic E-state index is 1.05. The largest absolute Gasteiger partial charge is 0.249 e. The van der Waals surface area contributed by atoms with Gasteiger partial charge in [-0.2, -0.15) is 11.8 Å². The summed E-state index contributed by atoms with van der Waals surface area (Å²) in [6, 6.07) is 0. The van der Waals surface area contributed by atoms with Crippen LogP contribution in [0.3, 0.4) is 0 Å². The van der Waals surface area contributed by atoms with Crippen LogP contribution in [0, 0.1) is 0 Å². The third kappa shape index (κ3) is 2.35. The highest BCUT2D eigenvalue weighted by atomic mass is 32.2. The molecule has 0 saturated carbocycles. The van der Waals surface area contributed by atoms with E-state index in [1.165, 1.54) is 0 Å². The van der Waals surface area contributed by atoms with Crippen molar-refractivity contribution in [3.05, 3.63) is 24.3 Å². The average molecular weight is 155 g/mol. The molecule has 3 heteroatoms. The number of nitrogens with one attached hydrogen (secondary N) is 1. The van der Waals surface area contributed by atoms with E-state index in [1.54, 1.807) is 6.20 Å². The van der Waals surface area contributed by atoms with Crippen molar-refractivity contribution < 1.29 is 4.98 Å². The molecule has 0 spiro atoms. The van der Waals surface area contributed by atoms with E-state index in [2.05, 4.69) is 16.2 Å². The number of aromatic amines is 1. The lowest BCUT2D eigenvalue weighted by Gasteiger charge is -1.91. The van der Waals surface area contributed by atoms with Crippen LogP contribution in [0.4, 0.5) is 0 Å². The maximum atomic E-state index is 4.17. The number of aryl methyl sites for hydroxylation is 1. The Labute approximate surface area is 65.1 Å². The van der Waals surface area contributed by atoms with Crippen molar-refractivity contribution in [1.82, 2.24) is 4.98 Å². The van der Waals surface area contributed by atoms with Crippen molar-refractivity contribution in [3.8, 4) is 0 Å². The van der Waals surface area contributed by atoms with Crippen molar-refractivity contribution in [2.75, 3.05) is 12.0 Å². The molecule has 0 fully saturated rings. The molecule has 0 bridgehead atoms. The van der Waals surface area contributed by atoms with Gasteiger partial charge < -0.3 is 0 Å². The molecule has 0 atom stereocenters. The van der Waals surface area contributed by atoms with E-state index in [-0.39, 0.29) is 0 Å². The van der Waals surface area contributed by atoms with Crippen molar-refractivity contribution >= 4 is 11.8 Å². The molecule has 54 valence electrons. The first-order valence-corrected chi connectivity index (χ1v) is 4.63.